The number of amides is 1. The van der Waals surface area contributed by atoms with Gasteiger partial charge in [-0.2, -0.15) is 0 Å². The first-order chi connectivity index (χ1) is 8.17. The zero-order valence-electron chi connectivity index (χ0n) is 10.9. The van der Waals surface area contributed by atoms with Crippen LogP contribution in [0.5, 0.6) is 0 Å². The molecule has 0 spiro atoms. The molecule has 0 aliphatic heterocycles. The summed E-state index contributed by atoms with van der Waals surface area (Å²) in [5.74, 6) is 0.0565. The molecule has 94 valence electrons. The van der Waals surface area contributed by atoms with E-state index in [1.54, 1.807) is 6.92 Å². The van der Waals surface area contributed by atoms with Crippen molar-refractivity contribution in [1.29, 1.82) is 0 Å². The minimum Gasteiger partial charge on any atom is -0.349 e. The third kappa shape index (κ3) is 4.87. The van der Waals surface area contributed by atoms with E-state index in [0.29, 0.717) is 0 Å². The Hall–Kier alpha value is -0.880. The van der Waals surface area contributed by atoms with Crippen molar-refractivity contribution in [2.75, 3.05) is 18.5 Å². The van der Waals surface area contributed by atoms with Gasteiger partial charge in [-0.1, -0.05) is 44.2 Å². The molecular formula is C14H22NOP. The average molecular weight is 251 g/mol. The van der Waals surface area contributed by atoms with Gasteiger partial charge in [0.1, 0.15) is 0 Å². The smallest absolute Gasteiger partial charge is 0.217 e. The number of carbonyl (C=O) groups excluding carboxylic acids is 1. The molecule has 1 aromatic rings. The van der Waals surface area contributed by atoms with Gasteiger partial charge in [0.05, 0.1) is 6.04 Å². The molecule has 1 amide bonds. The Bertz CT molecular complexity index is 335. The van der Waals surface area contributed by atoms with E-state index in [4.69, 9.17) is 0 Å². The maximum Gasteiger partial charge on any atom is 0.217 e. The summed E-state index contributed by atoms with van der Waals surface area (Å²) >= 11 is 0. The number of benzene rings is 1. The Labute approximate surface area is 106 Å². The Morgan fingerprint density at radius 2 is 1.82 bits per heavy atom. The summed E-state index contributed by atoms with van der Waals surface area (Å²) < 4.78 is 0. The molecule has 0 fully saturated rings. The summed E-state index contributed by atoms with van der Waals surface area (Å²) in [5, 5.41) is 3.07. The second-order valence-electron chi connectivity index (χ2n) is 4.15. The molecule has 0 bridgehead atoms. The van der Waals surface area contributed by atoms with Crippen LogP contribution < -0.4 is 5.32 Å². The lowest BCUT2D eigenvalue weighted by Gasteiger charge is -2.23. The first-order valence-corrected chi connectivity index (χ1v) is 8.11. The summed E-state index contributed by atoms with van der Waals surface area (Å²) in [7, 11) is 0.0355. The molecule has 1 N–H and O–H groups in total. The van der Waals surface area contributed by atoms with Gasteiger partial charge in [-0.15, -0.1) is 7.92 Å². The van der Waals surface area contributed by atoms with E-state index in [9.17, 15) is 4.79 Å². The molecule has 1 atom stereocenters. The van der Waals surface area contributed by atoms with Crippen LogP contribution in [0.2, 0.25) is 0 Å². The summed E-state index contributed by atoms with van der Waals surface area (Å²) in [6.45, 7) is 6.08. The van der Waals surface area contributed by atoms with Gasteiger partial charge < -0.3 is 5.32 Å². The van der Waals surface area contributed by atoms with Crippen molar-refractivity contribution >= 4 is 13.8 Å². The minimum atomic E-state index is 0.0355. The predicted molar refractivity (Wildman–Crippen MR) is 75.9 cm³/mol. The topological polar surface area (TPSA) is 29.1 Å². The second-order valence-corrected chi connectivity index (χ2v) is 7.12. The van der Waals surface area contributed by atoms with Crippen LogP contribution in [0.1, 0.15) is 32.4 Å². The molecule has 0 aliphatic carbocycles. The largest absolute Gasteiger partial charge is 0.349 e. The molecule has 0 saturated carbocycles. The van der Waals surface area contributed by atoms with Crippen molar-refractivity contribution < 1.29 is 4.79 Å². The number of nitrogens with one attached hydrogen (secondary N) is 1. The number of hydrogen-bond donors (Lipinski definition) is 1. The molecule has 0 heterocycles. The molecule has 0 aliphatic rings. The monoisotopic (exact) mass is 251 g/mol. The van der Waals surface area contributed by atoms with E-state index < -0.39 is 0 Å². The van der Waals surface area contributed by atoms with Crippen LogP contribution in [-0.4, -0.2) is 24.4 Å². The summed E-state index contributed by atoms with van der Waals surface area (Å²) in [6, 6.07) is 10.4. The van der Waals surface area contributed by atoms with Gasteiger partial charge in [0.25, 0.3) is 0 Å². The van der Waals surface area contributed by atoms with Crippen LogP contribution in [-0.2, 0) is 4.79 Å². The highest BCUT2D eigenvalue weighted by Gasteiger charge is 2.16. The van der Waals surface area contributed by atoms with Crippen LogP contribution in [0.25, 0.3) is 0 Å². The zero-order valence-corrected chi connectivity index (χ0v) is 11.8. The fourth-order valence-corrected chi connectivity index (χ4v) is 3.69. The molecule has 1 unspecified atom stereocenters. The van der Waals surface area contributed by atoms with Crippen LogP contribution in [0.3, 0.4) is 0 Å². The molecule has 0 radical (unpaired) electrons. The van der Waals surface area contributed by atoms with Gasteiger partial charge in [-0.3, -0.25) is 4.79 Å². The van der Waals surface area contributed by atoms with Gasteiger partial charge in [0, 0.05) is 6.92 Å². The van der Waals surface area contributed by atoms with Gasteiger partial charge in [0.15, 0.2) is 0 Å². The van der Waals surface area contributed by atoms with Crippen molar-refractivity contribution in [3.8, 4) is 0 Å². The van der Waals surface area contributed by atoms with Crippen LogP contribution in [0.15, 0.2) is 30.3 Å². The lowest BCUT2D eigenvalue weighted by molar-refractivity contribution is -0.119. The third-order valence-electron chi connectivity index (χ3n) is 2.91. The SMILES string of the molecule is CCP(CC)CC(NC(C)=O)c1ccccc1. The average Bonchev–Trinajstić information content (AvgIpc) is 2.35. The number of carbonyl (C=O) groups is 1. The van der Waals surface area contributed by atoms with E-state index in [0.717, 1.165) is 6.16 Å². The first kappa shape index (κ1) is 14.2. The van der Waals surface area contributed by atoms with Gasteiger partial charge in [-0.25, -0.2) is 0 Å². The molecule has 17 heavy (non-hydrogen) atoms. The Morgan fingerprint density at radius 1 is 1.24 bits per heavy atom. The molecule has 1 rings (SSSR count). The summed E-state index contributed by atoms with van der Waals surface area (Å²) in [6.07, 6.45) is 3.55. The van der Waals surface area contributed by atoms with Crippen molar-refractivity contribution in [3.63, 3.8) is 0 Å². The van der Waals surface area contributed by atoms with Gasteiger partial charge in [0.2, 0.25) is 5.91 Å². The van der Waals surface area contributed by atoms with E-state index in [1.165, 1.54) is 17.9 Å². The molecule has 2 nitrogen and oxygen atoms in total. The lowest BCUT2D eigenvalue weighted by Crippen LogP contribution is -2.28. The van der Waals surface area contributed by atoms with E-state index in [1.807, 2.05) is 18.2 Å². The van der Waals surface area contributed by atoms with Crippen LogP contribution in [0, 0.1) is 0 Å². The molecule has 0 saturated heterocycles. The summed E-state index contributed by atoms with van der Waals surface area (Å²) in [5.41, 5.74) is 1.22. The first-order valence-electron chi connectivity index (χ1n) is 6.21. The Balaban J connectivity index is 2.77. The van der Waals surface area contributed by atoms with Crippen molar-refractivity contribution in [1.82, 2.24) is 5.32 Å². The van der Waals surface area contributed by atoms with Crippen LogP contribution >= 0.6 is 7.92 Å². The molecule has 3 heteroatoms. The fourth-order valence-electron chi connectivity index (χ4n) is 1.91. The van der Waals surface area contributed by atoms with Crippen molar-refractivity contribution in [2.45, 2.75) is 26.8 Å². The van der Waals surface area contributed by atoms with E-state index >= 15 is 0 Å². The maximum absolute atomic E-state index is 11.3. The van der Waals surface area contributed by atoms with Gasteiger partial charge in [-0.05, 0) is 24.0 Å². The fraction of sp³-hybridized carbons (Fsp3) is 0.500. The normalized spacial score (nSPS) is 12.5. The molecule has 1 aromatic carbocycles. The highest BCUT2D eigenvalue weighted by Crippen LogP contribution is 2.38. The highest BCUT2D eigenvalue weighted by atomic mass is 31.1. The Morgan fingerprint density at radius 3 is 2.29 bits per heavy atom. The lowest BCUT2D eigenvalue weighted by atomic mass is 10.1. The van der Waals surface area contributed by atoms with Crippen molar-refractivity contribution in [2.24, 2.45) is 0 Å². The van der Waals surface area contributed by atoms with Crippen molar-refractivity contribution in [3.05, 3.63) is 35.9 Å². The molecule has 0 aromatic heterocycles. The number of rotatable bonds is 6. The number of hydrogen-bond acceptors (Lipinski definition) is 1. The quantitative estimate of drug-likeness (QED) is 0.771. The van der Waals surface area contributed by atoms with Crippen LogP contribution in [0.4, 0.5) is 0 Å². The molecular weight excluding hydrogens is 229 g/mol. The highest BCUT2D eigenvalue weighted by molar-refractivity contribution is 7.57. The predicted octanol–water partition coefficient (Wildman–Crippen LogP) is 3.39. The van der Waals surface area contributed by atoms with E-state index in [2.05, 4.69) is 31.3 Å². The third-order valence-corrected chi connectivity index (χ3v) is 5.59. The Kier molecular flexibility index (Phi) is 6.21. The minimum absolute atomic E-state index is 0.0355. The second kappa shape index (κ2) is 7.45. The maximum atomic E-state index is 11.3. The summed E-state index contributed by atoms with van der Waals surface area (Å²) in [4.78, 5) is 11.3. The van der Waals surface area contributed by atoms with E-state index in [-0.39, 0.29) is 19.9 Å². The standard InChI is InChI=1S/C14H22NOP/c1-4-17(5-2)11-14(15-12(3)16)13-9-7-6-8-10-13/h6-10,14H,4-5,11H2,1-3H3,(H,15,16). The van der Waals surface area contributed by atoms with Gasteiger partial charge >= 0.3 is 0 Å². The zero-order chi connectivity index (χ0) is 12.7.